The van der Waals surface area contributed by atoms with Crippen LogP contribution >= 0.6 is 0 Å². The number of rotatable bonds is 3. The van der Waals surface area contributed by atoms with Gasteiger partial charge in [0.1, 0.15) is 0 Å². The molecule has 0 heterocycles. The minimum atomic E-state index is 0.283. The number of benzene rings is 1. The van der Waals surface area contributed by atoms with E-state index in [0.717, 1.165) is 23.7 Å². The summed E-state index contributed by atoms with van der Waals surface area (Å²) >= 11 is 0. The maximum atomic E-state index is 6.56. The van der Waals surface area contributed by atoms with Gasteiger partial charge in [0.25, 0.3) is 0 Å². The molecule has 4 rings (SSSR count). The maximum absolute atomic E-state index is 6.56. The lowest BCUT2D eigenvalue weighted by molar-refractivity contribution is 0.284. The van der Waals surface area contributed by atoms with Gasteiger partial charge in [-0.3, -0.25) is 0 Å². The van der Waals surface area contributed by atoms with Gasteiger partial charge in [-0.1, -0.05) is 37.1 Å². The topological polar surface area (TPSA) is 26.0 Å². The molecular formula is C18H25N. The molecule has 1 nitrogen and oxygen atoms in total. The number of hydrogen-bond acceptors (Lipinski definition) is 1. The molecule has 1 aromatic carbocycles. The van der Waals surface area contributed by atoms with E-state index < -0.39 is 0 Å². The van der Waals surface area contributed by atoms with Crippen LogP contribution in [-0.2, 0) is 0 Å². The van der Waals surface area contributed by atoms with Crippen molar-refractivity contribution in [2.75, 3.05) is 0 Å². The highest BCUT2D eigenvalue weighted by atomic mass is 14.7. The Kier molecular flexibility index (Phi) is 2.91. The Hall–Kier alpha value is -0.820. The Bertz CT molecular complexity index is 445. The molecule has 4 unspecified atom stereocenters. The lowest BCUT2D eigenvalue weighted by Gasteiger charge is -2.29. The first-order valence-electron chi connectivity index (χ1n) is 8.16. The van der Waals surface area contributed by atoms with Gasteiger partial charge in [-0.15, -0.1) is 0 Å². The maximum Gasteiger partial charge on any atom is 0.0326 e. The second kappa shape index (κ2) is 4.63. The van der Waals surface area contributed by atoms with Gasteiger partial charge in [-0.2, -0.15) is 0 Å². The number of nitrogens with two attached hydrogens (primary N) is 1. The molecule has 2 bridgehead atoms. The van der Waals surface area contributed by atoms with E-state index in [4.69, 9.17) is 5.73 Å². The van der Waals surface area contributed by atoms with Crippen LogP contribution in [0.1, 0.15) is 68.0 Å². The predicted octanol–water partition coefficient (Wildman–Crippen LogP) is 4.39. The van der Waals surface area contributed by atoms with E-state index in [2.05, 4.69) is 24.3 Å². The summed E-state index contributed by atoms with van der Waals surface area (Å²) in [5, 5.41) is 0. The second-order valence-electron chi connectivity index (χ2n) is 7.16. The first-order valence-corrected chi connectivity index (χ1v) is 8.16. The third-order valence-corrected chi connectivity index (χ3v) is 6.15. The summed E-state index contributed by atoms with van der Waals surface area (Å²) in [6.45, 7) is 0. The first kappa shape index (κ1) is 12.0. The highest BCUT2D eigenvalue weighted by Crippen LogP contribution is 2.52. The van der Waals surface area contributed by atoms with Gasteiger partial charge < -0.3 is 5.73 Å². The van der Waals surface area contributed by atoms with Crippen molar-refractivity contribution in [2.24, 2.45) is 23.5 Å². The summed E-state index contributed by atoms with van der Waals surface area (Å²) in [6.07, 6.45) is 9.93. The Morgan fingerprint density at radius 2 is 1.74 bits per heavy atom. The summed E-state index contributed by atoms with van der Waals surface area (Å²) in [6, 6.07) is 9.58. The summed E-state index contributed by atoms with van der Waals surface area (Å²) in [4.78, 5) is 0. The molecule has 1 aromatic rings. The van der Waals surface area contributed by atoms with E-state index in [1.807, 2.05) is 0 Å². The van der Waals surface area contributed by atoms with Crippen molar-refractivity contribution in [3.05, 3.63) is 35.4 Å². The van der Waals surface area contributed by atoms with Gasteiger partial charge in [-0.25, -0.2) is 0 Å². The van der Waals surface area contributed by atoms with Crippen LogP contribution in [0.2, 0.25) is 0 Å². The van der Waals surface area contributed by atoms with Crippen LogP contribution in [0.5, 0.6) is 0 Å². The molecule has 1 heteroatoms. The van der Waals surface area contributed by atoms with Crippen LogP contribution in [0, 0.1) is 17.8 Å². The molecule has 0 aromatic heterocycles. The SMILES string of the molecule is NC(c1ccc(C2CCC2)cc1)C1CC2CCC1C2. The lowest BCUT2D eigenvalue weighted by atomic mass is 9.78. The standard InChI is InChI=1S/C18H25N/c19-18(17-11-12-4-5-16(17)10-12)15-8-6-14(7-9-15)13-2-1-3-13/h6-9,12-13,16-18H,1-5,10-11,19H2. The summed E-state index contributed by atoms with van der Waals surface area (Å²) in [5.74, 6) is 3.52. The number of hydrogen-bond donors (Lipinski definition) is 1. The smallest absolute Gasteiger partial charge is 0.0326 e. The molecular weight excluding hydrogens is 230 g/mol. The summed E-state index contributed by atoms with van der Waals surface area (Å²) in [5.41, 5.74) is 9.47. The van der Waals surface area contributed by atoms with Crippen molar-refractivity contribution in [3.63, 3.8) is 0 Å². The van der Waals surface area contributed by atoms with Crippen LogP contribution in [0.4, 0.5) is 0 Å². The Morgan fingerprint density at radius 1 is 0.947 bits per heavy atom. The minimum Gasteiger partial charge on any atom is -0.324 e. The molecule has 2 N–H and O–H groups in total. The summed E-state index contributed by atoms with van der Waals surface area (Å²) in [7, 11) is 0. The average molecular weight is 255 g/mol. The quantitative estimate of drug-likeness (QED) is 0.851. The molecule has 0 saturated heterocycles. The highest BCUT2D eigenvalue weighted by molar-refractivity contribution is 5.29. The zero-order chi connectivity index (χ0) is 12.8. The molecule has 3 saturated carbocycles. The lowest BCUT2D eigenvalue weighted by Crippen LogP contribution is -2.26. The fraction of sp³-hybridized carbons (Fsp3) is 0.667. The van der Waals surface area contributed by atoms with Gasteiger partial charge in [0.15, 0.2) is 0 Å². The largest absolute Gasteiger partial charge is 0.324 e. The van der Waals surface area contributed by atoms with Crippen molar-refractivity contribution in [1.82, 2.24) is 0 Å². The molecule has 3 aliphatic rings. The minimum absolute atomic E-state index is 0.283. The van der Waals surface area contributed by atoms with E-state index in [9.17, 15) is 0 Å². The molecule has 19 heavy (non-hydrogen) atoms. The highest BCUT2D eigenvalue weighted by Gasteiger charge is 2.42. The van der Waals surface area contributed by atoms with Gasteiger partial charge in [-0.05, 0) is 66.9 Å². The van der Waals surface area contributed by atoms with Gasteiger partial charge in [0.2, 0.25) is 0 Å². The molecule has 0 radical (unpaired) electrons. The molecule has 0 aliphatic heterocycles. The molecule has 0 spiro atoms. The number of fused-ring (bicyclic) bond motifs is 2. The van der Waals surface area contributed by atoms with Crippen LogP contribution < -0.4 is 5.73 Å². The molecule has 4 atom stereocenters. The predicted molar refractivity (Wildman–Crippen MR) is 78.9 cm³/mol. The van der Waals surface area contributed by atoms with Gasteiger partial charge in [0, 0.05) is 6.04 Å². The first-order chi connectivity index (χ1) is 9.31. The van der Waals surface area contributed by atoms with E-state index in [1.54, 1.807) is 0 Å². The second-order valence-corrected chi connectivity index (χ2v) is 7.16. The molecule has 3 aliphatic carbocycles. The zero-order valence-corrected chi connectivity index (χ0v) is 11.7. The van der Waals surface area contributed by atoms with Crippen LogP contribution in [0.3, 0.4) is 0 Å². The van der Waals surface area contributed by atoms with Crippen LogP contribution in [0.25, 0.3) is 0 Å². The van der Waals surface area contributed by atoms with Crippen LogP contribution in [0.15, 0.2) is 24.3 Å². The van der Waals surface area contributed by atoms with Crippen molar-refractivity contribution in [2.45, 2.75) is 56.9 Å². The van der Waals surface area contributed by atoms with Crippen molar-refractivity contribution >= 4 is 0 Å². The molecule has 0 amide bonds. The van der Waals surface area contributed by atoms with Gasteiger partial charge in [0.05, 0.1) is 0 Å². The van der Waals surface area contributed by atoms with E-state index in [-0.39, 0.29) is 6.04 Å². The zero-order valence-electron chi connectivity index (χ0n) is 11.7. The third kappa shape index (κ3) is 2.03. The van der Waals surface area contributed by atoms with Crippen molar-refractivity contribution < 1.29 is 0 Å². The normalized spacial score (nSPS) is 35.3. The Morgan fingerprint density at radius 3 is 2.26 bits per heavy atom. The average Bonchev–Trinajstić information content (AvgIpc) is 2.99. The van der Waals surface area contributed by atoms with Crippen LogP contribution in [-0.4, -0.2) is 0 Å². The summed E-state index contributed by atoms with van der Waals surface area (Å²) < 4.78 is 0. The fourth-order valence-corrected chi connectivity index (χ4v) is 4.71. The Balaban J connectivity index is 1.48. The van der Waals surface area contributed by atoms with Crippen molar-refractivity contribution in [1.29, 1.82) is 0 Å². The molecule has 3 fully saturated rings. The fourth-order valence-electron chi connectivity index (χ4n) is 4.71. The van der Waals surface area contributed by atoms with E-state index in [0.29, 0.717) is 0 Å². The van der Waals surface area contributed by atoms with Gasteiger partial charge >= 0.3 is 0 Å². The van der Waals surface area contributed by atoms with E-state index in [1.165, 1.54) is 56.1 Å². The third-order valence-electron chi connectivity index (χ3n) is 6.15. The Labute approximate surface area is 116 Å². The molecule has 102 valence electrons. The van der Waals surface area contributed by atoms with E-state index >= 15 is 0 Å². The monoisotopic (exact) mass is 255 g/mol. The van der Waals surface area contributed by atoms with Crippen molar-refractivity contribution in [3.8, 4) is 0 Å².